The minimum absolute atomic E-state index is 0.00954. The van der Waals surface area contributed by atoms with Crippen molar-refractivity contribution in [3.05, 3.63) is 40.3 Å². The predicted octanol–water partition coefficient (Wildman–Crippen LogP) is 3.49. The highest BCUT2D eigenvalue weighted by molar-refractivity contribution is 6.29. The molecule has 2 aliphatic rings. The van der Waals surface area contributed by atoms with Crippen molar-refractivity contribution < 1.29 is 9.53 Å². The summed E-state index contributed by atoms with van der Waals surface area (Å²) in [6.07, 6.45) is 3.85. The molecule has 1 saturated heterocycles. The summed E-state index contributed by atoms with van der Waals surface area (Å²) in [6.45, 7) is 4.17. The van der Waals surface area contributed by atoms with E-state index in [1.54, 1.807) is 13.2 Å². The van der Waals surface area contributed by atoms with Gasteiger partial charge in [-0.3, -0.25) is 4.79 Å². The SMILES string of the molecule is COCCC(=O)N1CCN(c2nc(C3CC3)c(-c3cc(Cl)ncc3C#N)cc2C#N)CC1C. The van der Waals surface area contributed by atoms with Crippen molar-refractivity contribution in [1.29, 1.82) is 10.5 Å². The van der Waals surface area contributed by atoms with Crippen LogP contribution in [0.2, 0.25) is 5.15 Å². The first kappa shape index (κ1) is 23.0. The lowest BCUT2D eigenvalue weighted by Crippen LogP contribution is -2.54. The van der Waals surface area contributed by atoms with Crippen molar-refractivity contribution in [1.82, 2.24) is 14.9 Å². The number of pyridine rings is 2. The fourth-order valence-corrected chi connectivity index (χ4v) is 4.48. The number of ether oxygens (including phenoxy) is 1. The lowest BCUT2D eigenvalue weighted by Gasteiger charge is -2.41. The zero-order valence-electron chi connectivity index (χ0n) is 18.7. The number of hydrogen-bond acceptors (Lipinski definition) is 7. The van der Waals surface area contributed by atoms with Crippen LogP contribution in [0.3, 0.4) is 0 Å². The van der Waals surface area contributed by atoms with Crippen molar-refractivity contribution in [2.75, 3.05) is 38.3 Å². The molecule has 0 aromatic carbocycles. The van der Waals surface area contributed by atoms with E-state index in [1.165, 1.54) is 6.20 Å². The Bertz CT molecular complexity index is 1150. The van der Waals surface area contributed by atoms with E-state index in [9.17, 15) is 15.3 Å². The molecule has 8 nitrogen and oxygen atoms in total. The molecule has 4 rings (SSSR count). The molecule has 1 atom stereocenters. The first-order valence-electron chi connectivity index (χ1n) is 11.0. The largest absolute Gasteiger partial charge is 0.384 e. The zero-order valence-corrected chi connectivity index (χ0v) is 19.5. The third kappa shape index (κ3) is 4.78. The normalized spacial score (nSPS) is 18.0. The quantitative estimate of drug-likeness (QED) is 0.602. The Morgan fingerprint density at radius 1 is 1.21 bits per heavy atom. The van der Waals surface area contributed by atoms with Crippen molar-refractivity contribution in [2.24, 2.45) is 0 Å². The van der Waals surface area contributed by atoms with Gasteiger partial charge in [0.1, 0.15) is 23.1 Å². The molecular weight excluding hydrogens is 440 g/mol. The minimum Gasteiger partial charge on any atom is -0.384 e. The number of methoxy groups -OCH3 is 1. The average molecular weight is 465 g/mol. The minimum atomic E-state index is -0.00954. The lowest BCUT2D eigenvalue weighted by molar-refractivity contribution is -0.134. The molecule has 0 radical (unpaired) electrons. The monoisotopic (exact) mass is 464 g/mol. The topological polar surface area (TPSA) is 106 Å². The van der Waals surface area contributed by atoms with Crippen LogP contribution in [0.15, 0.2) is 18.3 Å². The van der Waals surface area contributed by atoms with Gasteiger partial charge < -0.3 is 14.5 Å². The number of rotatable bonds is 6. The van der Waals surface area contributed by atoms with Gasteiger partial charge in [-0.15, -0.1) is 0 Å². The van der Waals surface area contributed by atoms with Crippen molar-refractivity contribution in [2.45, 2.75) is 38.1 Å². The molecule has 1 amide bonds. The van der Waals surface area contributed by atoms with E-state index in [0.717, 1.165) is 24.1 Å². The van der Waals surface area contributed by atoms with Crippen LogP contribution in [0.1, 0.15) is 48.9 Å². The van der Waals surface area contributed by atoms with Gasteiger partial charge >= 0.3 is 0 Å². The molecule has 1 unspecified atom stereocenters. The summed E-state index contributed by atoms with van der Waals surface area (Å²) in [5.41, 5.74) is 3.14. The van der Waals surface area contributed by atoms with E-state index in [0.29, 0.717) is 61.1 Å². The second-order valence-corrected chi connectivity index (χ2v) is 8.86. The van der Waals surface area contributed by atoms with Crippen LogP contribution in [-0.2, 0) is 9.53 Å². The molecule has 1 aliphatic carbocycles. The molecule has 1 aliphatic heterocycles. The molecule has 2 fully saturated rings. The highest BCUT2D eigenvalue weighted by atomic mass is 35.5. The van der Waals surface area contributed by atoms with E-state index in [2.05, 4.69) is 22.0 Å². The first-order chi connectivity index (χ1) is 16.0. The number of anilines is 1. The zero-order chi connectivity index (χ0) is 23.5. The van der Waals surface area contributed by atoms with Crippen LogP contribution >= 0.6 is 11.6 Å². The summed E-state index contributed by atoms with van der Waals surface area (Å²) in [5, 5.41) is 19.8. The highest BCUT2D eigenvalue weighted by Gasteiger charge is 2.33. The maximum atomic E-state index is 12.5. The fourth-order valence-electron chi connectivity index (χ4n) is 4.32. The van der Waals surface area contributed by atoms with Gasteiger partial charge in [-0.25, -0.2) is 9.97 Å². The molecule has 33 heavy (non-hydrogen) atoms. The van der Waals surface area contributed by atoms with E-state index >= 15 is 0 Å². The van der Waals surface area contributed by atoms with Gasteiger partial charge in [0.2, 0.25) is 5.91 Å². The molecule has 2 aromatic heterocycles. The number of piperazine rings is 1. The van der Waals surface area contributed by atoms with Gasteiger partial charge in [-0.2, -0.15) is 10.5 Å². The molecule has 0 bridgehead atoms. The second kappa shape index (κ2) is 9.74. The van der Waals surface area contributed by atoms with Crippen LogP contribution < -0.4 is 4.90 Å². The first-order valence-corrected chi connectivity index (χ1v) is 11.4. The van der Waals surface area contributed by atoms with Crippen LogP contribution in [0.5, 0.6) is 0 Å². The summed E-state index contributed by atoms with van der Waals surface area (Å²) in [7, 11) is 1.59. The van der Waals surface area contributed by atoms with Crippen molar-refractivity contribution in [3.8, 4) is 23.3 Å². The molecule has 0 N–H and O–H groups in total. The van der Waals surface area contributed by atoms with Gasteiger partial charge in [0.25, 0.3) is 0 Å². The number of aromatic nitrogens is 2. The molecule has 170 valence electrons. The number of carbonyl (C=O) groups excluding carboxylic acids is 1. The van der Waals surface area contributed by atoms with Gasteiger partial charge in [0.15, 0.2) is 0 Å². The Kier molecular flexibility index (Phi) is 6.78. The summed E-state index contributed by atoms with van der Waals surface area (Å²) < 4.78 is 5.04. The number of amides is 1. The Hall–Kier alpha value is -3.20. The lowest BCUT2D eigenvalue weighted by atomic mass is 9.96. The summed E-state index contributed by atoms with van der Waals surface area (Å²) >= 11 is 6.13. The van der Waals surface area contributed by atoms with Gasteiger partial charge in [0.05, 0.1) is 29.8 Å². The maximum Gasteiger partial charge on any atom is 0.225 e. The number of carbonyl (C=O) groups is 1. The van der Waals surface area contributed by atoms with E-state index in [4.69, 9.17) is 21.3 Å². The Morgan fingerprint density at radius 3 is 2.61 bits per heavy atom. The van der Waals surface area contributed by atoms with Gasteiger partial charge in [-0.1, -0.05) is 11.6 Å². The van der Waals surface area contributed by atoms with E-state index in [1.807, 2.05) is 17.9 Å². The van der Waals surface area contributed by atoms with Gasteiger partial charge in [-0.05, 0) is 31.9 Å². The molecule has 0 spiro atoms. The Balaban J connectivity index is 1.68. The van der Waals surface area contributed by atoms with Crippen LogP contribution in [0.25, 0.3) is 11.1 Å². The summed E-state index contributed by atoms with van der Waals surface area (Å²) in [5.74, 6) is 1.00. The molecule has 1 saturated carbocycles. The van der Waals surface area contributed by atoms with Crippen LogP contribution in [0.4, 0.5) is 5.82 Å². The van der Waals surface area contributed by atoms with Crippen molar-refractivity contribution >= 4 is 23.3 Å². The summed E-state index contributed by atoms with van der Waals surface area (Å²) in [6, 6.07) is 7.93. The van der Waals surface area contributed by atoms with Crippen LogP contribution in [-0.4, -0.2) is 60.2 Å². The highest BCUT2D eigenvalue weighted by Crippen LogP contribution is 2.45. The Morgan fingerprint density at radius 2 is 1.97 bits per heavy atom. The number of halogens is 1. The number of nitrogens with zero attached hydrogens (tertiary/aromatic N) is 6. The maximum absolute atomic E-state index is 12.5. The second-order valence-electron chi connectivity index (χ2n) is 8.47. The predicted molar refractivity (Wildman–Crippen MR) is 124 cm³/mol. The van der Waals surface area contributed by atoms with E-state index in [-0.39, 0.29) is 17.1 Å². The Labute approximate surface area is 198 Å². The third-order valence-electron chi connectivity index (χ3n) is 6.17. The number of hydrogen-bond donors (Lipinski definition) is 0. The molecule has 2 aromatic rings. The number of nitriles is 2. The van der Waals surface area contributed by atoms with Crippen molar-refractivity contribution in [3.63, 3.8) is 0 Å². The fraction of sp³-hybridized carbons (Fsp3) is 0.458. The van der Waals surface area contributed by atoms with E-state index < -0.39 is 0 Å². The summed E-state index contributed by atoms with van der Waals surface area (Å²) in [4.78, 5) is 25.4. The standard InChI is InChI=1S/C24H25ClN6O2/c1-15-14-30(6-7-31(15)22(32)5-8-33-2)24-17(11-26)9-20(23(29-24)16-3-4-16)19-10-21(25)28-13-18(19)12-27/h9-10,13,15-16H,3-8,14H2,1-2H3. The smallest absolute Gasteiger partial charge is 0.225 e. The molecule has 3 heterocycles. The third-order valence-corrected chi connectivity index (χ3v) is 6.37. The molecular formula is C24H25ClN6O2. The van der Waals surface area contributed by atoms with Gasteiger partial charge in [0, 0.05) is 56.0 Å². The average Bonchev–Trinajstić information content (AvgIpc) is 3.67. The van der Waals surface area contributed by atoms with Crippen LogP contribution in [0, 0.1) is 22.7 Å². The molecule has 9 heteroatoms.